The van der Waals surface area contributed by atoms with Crippen molar-refractivity contribution < 1.29 is 9.53 Å². The van der Waals surface area contributed by atoms with Crippen molar-refractivity contribution in [3.05, 3.63) is 81.6 Å². The molecule has 0 spiro atoms. The van der Waals surface area contributed by atoms with Gasteiger partial charge in [0.1, 0.15) is 12.3 Å². The monoisotopic (exact) mass is 293 g/mol. The number of para-hydroxylation sites is 1. The van der Waals surface area contributed by atoms with Crippen LogP contribution in [0.25, 0.3) is 10.9 Å². The molecule has 22 heavy (non-hydrogen) atoms. The van der Waals surface area contributed by atoms with Crippen LogP contribution in [0.1, 0.15) is 21.6 Å². The van der Waals surface area contributed by atoms with Gasteiger partial charge in [0.15, 0.2) is 5.43 Å². The van der Waals surface area contributed by atoms with Crippen LogP contribution < -0.4 is 5.43 Å². The summed E-state index contributed by atoms with van der Waals surface area (Å²) in [6.45, 7) is 1.80. The van der Waals surface area contributed by atoms with E-state index in [1.807, 2.05) is 36.4 Å². The van der Waals surface area contributed by atoms with Gasteiger partial charge in [-0.15, -0.1) is 0 Å². The number of carbonyl (C=O) groups is 1. The predicted octanol–water partition coefficient (Wildman–Crippen LogP) is 3.19. The average molecular weight is 293 g/mol. The maximum atomic E-state index is 12.3. The molecule has 0 saturated carbocycles. The average Bonchev–Trinajstić information content (AvgIpc) is 2.57. The minimum absolute atomic E-state index is 0.152. The summed E-state index contributed by atoms with van der Waals surface area (Å²) in [6, 6.07) is 16.5. The summed E-state index contributed by atoms with van der Waals surface area (Å²) in [5, 5.41) is 0.569. The third-order valence-corrected chi connectivity index (χ3v) is 3.56. The first-order valence-electron chi connectivity index (χ1n) is 6.99. The van der Waals surface area contributed by atoms with Crippen molar-refractivity contribution in [2.45, 2.75) is 13.5 Å². The van der Waals surface area contributed by atoms with Gasteiger partial charge in [0.25, 0.3) is 0 Å². The molecule has 110 valence electrons. The van der Waals surface area contributed by atoms with Crippen LogP contribution in [-0.2, 0) is 11.3 Å². The molecule has 0 unspecified atom stereocenters. The van der Waals surface area contributed by atoms with E-state index in [9.17, 15) is 9.59 Å². The summed E-state index contributed by atoms with van der Waals surface area (Å²) in [5.41, 5.74) is 1.96. The Morgan fingerprint density at radius 2 is 1.73 bits per heavy atom. The van der Waals surface area contributed by atoms with E-state index in [4.69, 9.17) is 4.74 Å². The highest BCUT2D eigenvalue weighted by Gasteiger charge is 2.16. The summed E-state index contributed by atoms with van der Waals surface area (Å²) >= 11 is 0. The Morgan fingerprint density at radius 3 is 2.50 bits per heavy atom. The number of aromatic nitrogens is 1. The summed E-state index contributed by atoms with van der Waals surface area (Å²) in [5.74, 6) is -0.524. The molecule has 0 fully saturated rings. The van der Waals surface area contributed by atoms with E-state index < -0.39 is 5.97 Å². The first-order chi connectivity index (χ1) is 10.7. The van der Waals surface area contributed by atoms with Crippen molar-refractivity contribution in [1.82, 2.24) is 4.98 Å². The molecule has 0 radical (unpaired) electrons. The number of nitrogens with one attached hydrogen (secondary N) is 1. The fourth-order valence-electron chi connectivity index (χ4n) is 2.33. The molecule has 1 N–H and O–H groups in total. The Bertz CT molecular complexity index is 882. The van der Waals surface area contributed by atoms with Crippen molar-refractivity contribution in [3.8, 4) is 0 Å². The van der Waals surface area contributed by atoms with Crippen LogP contribution in [0.3, 0.4) is 0 Å². The largest absolute Gasteiger partial charge is 0.456 e. The molecule has 3 rings (SSSR count). The third-order valence-electron chi connectivity index (χ3n) is 3.56. The van der Waals surface area contributed by atoms with Crippen LogP contribution in [0.2, 0.25) is 0 Å². The highest BCUT2D eigenvalue weighted by Crippen LogP contribution is 2.12. The van der Waals surface area contributed by atoms with Gasteiger partial charge in [-0.2, -0.15) is 0 Å². The molecule has 2 aromatic carbocycles. The highest BCUT2D eigenvalue weighted by atomic mass is 16.5. The molecule has 4 heteroatoms. The number of rotatable bonds is 3. The van der Waals surface area contributed by atoms with Gasteiger partial charge < -0.3 is 9.72 Å². The molecule has 0 aliphatic heterocycles. The summed E-state index contributed by atoms with van der Waals surface area (Å²) in [7, 11) is 0. The molecular weight excluding hydrogens is 278 g/mol. The molecule has 0 atom stereocenters. The number of fused-ring (bicyclic) bond motifs is 1. The Balaban J connectivity index is 1.91. The molecular formula is C18H15NO3. The second-order valence-corrected chi connectivity index (χ2v) is 5.06. The maximum Gasteiger partial charge on any atom is 0.355 e. The maximum absolute atomic E-state index is 12.3. The van der Waals surface area contributed by atoms with Gasteiger partial charge in [0.05, 0.1) is 0 Å². The quantitative estimate of drug-likeness (QED) is 0.754. The lowest BCUT2D eigenvalue weighted by molar-refractivity contribution is 0.0465. The smallest absolute Gasteiger partial charge is 0.355 e. The van der Waals surface area contributed by atoms with Gasteiger partial charge in [0, 0.05) is 16.5 Å². The van der Waals surface area contributed by atoms with E-state index in [0.29, 0.717) is 16.5 Å². The zero-order valence-corrected chi connectivity index (χ0v) is 12.1. The van der Waals surface area contributed by atoms with Crippen LogP contribution >= 0.6 is 0 Å². The van der Waals surface area contributed by atoms with Crippen LogP contribution in [0.4, 0.5) is 0 Å². The minimum atomic E-state index is -0.524. The van der Waals surface area contributed by atoms with Gasteiger partial charge in [-0.1, -0.05) is 42.5 Å². The van der Waals surface area contributed by atoms with Crippen LogP contribution in [0, 0.1) is 6.92 Å². The molecule has 0 aliphatic carbocycles. The van der Waals surface area contributed by atoms with Crippen molar-refractivity contribution in [3.63, 3.8) is 0 Å². The van der Waals surface area contributed by atoms with Crippen LogP contribution in [-0.4, -0.2) is 11.0 Å². The standard InChI is InChI=1S/C18H15NO3/c1-12-16(18(21)22-11-13-7-3-2-4-8-13)19-15-10-6-5-9-14(15)17(12)20/h2-10H,11H2,1H3,(H,19,20). The number of ether oxygens (including phenoxy) is 1. The fourth-order valence-corrected chi connectivity index (χ4v) is 2.33. The molecule has 0 bridgehead atoms. The van der Waals surface area contributed by atoms with Gasteiger partial charge in [-0.05, 0) is 24.6 Å². The van der Waals surface area contributed by atoms with Crippen molar-refractivity contribution >= 4 is 16.9 Å². The second-order valence-electron chi connectivity index (χ2n) is 5.06. The Morgan fingerprint density at radius 1 is 1.05 bits per heavy atom. The molecule has 0 aliphatic rings. The highest BCUT2D eigenvalue weighted by molar-refractivity contribution is 5.92. The van der Waals surface area contributed by atoms with Gasteiger partial charge >= 0.3 is 5.97 Å². The zero-order valence-electron chi connectivity index (χ0n) is 12.1. The first-order valence-corrected chi connectivity index (χ1v) is 6.99. The van der Waals surface area contributed by atoms with Crippen LogP contribution in [0.5, 0.6) is 0 Å². The molecule has 1 aromatic heterocycles. The summed E-state index contributed by atoms with van der Waals surface area (Å²) in [4.78, 5) is 27.5. The number of hydrogen-bond donors (Lipinski definition) is 1. The zero-order chi connectivity index (χ0) is 15.5. The lowest BCUT2D eigenvalue weighted by atomic mass is 10.1. The van der Waals surface area contributed by atoms with E-state index in [0.717, 1.165) is 5.56 Å². The number of esters is 1. The Hall–Kier alpha value is -2.88. The SMILES string of the molecule is Cc1c(C(=O)OCc2ccccc2)[nH]c2ccccc2c1=O. The number of hydrogen-bond acceptors (Lipinski definition) is 3. The minimum Gasteiger partial charge on any atom is -0.456 e. The first kappa shape index (κ1) is 14.1. The van der Waals surface area contributed by atoms with E-state index in [1.165, 1.54) is 0 Å². The second kappa shape index (κ2) is 5.85. The topological polar surface area (TPSA) is 59.2 Å². The Labute approximate surface area is 127 Å². The van der Waals surface area contributed by atoms with Gasteiger partial charge in [-0.25, -0.2) is 4.79 Å². The molecule has 3 aromatic rings. The molecule has 0 amide bonds. The predicted molar refractivity (Wildman–Crippen MR) is 84.9 cm³/mol. The van der Waals surface area contributed by atoms with Gasteiger partial charge in [-0.3, -0.25) is 4.79 Å². The molecule has 0 saturated heterocycles. The summed E-state index contributed by atoms with van der Waals surface area (Å²) in [6.07, 6.45) is 0. The lowest BCUT2D eigenvalue weighted by Gasteiger charge is -2.09. The lowest BCUT2D eigenvalue weighted by Crippen LogP contribution is -2.17. The van der Waals surface area contributed by atoms with E-state index >= 15 is 0 Å². The number of carbonyl (C=O) groups excluding carboxylic acids is 1. The van der Waals surface area contributed by atoms with Crippen LogP contribution in [0.15, 0.2) is 59.4 Å². The normalized spacial score (nSPS) is 10.6. The number of pyridine rings is 1. The van der Waals surface area contributed by atoms with Crippen molar-refractivity contribution in [2.24, 2.45) is 0 Å². The third kappa shape index (κ3) is 2.63. The van der Waals surface area contributed by atoms with Crippen molar-refractivity contribution in [1.29, 1.82) is 0 Å². The molecule has 4 nitrogen and oxygen atoms in total. The number of aromatic amines is 1. The number of benzene rings is 2. The van der Waals surface area contributed by atoms with E-state index in [-0.39, 0.29) is 17.7 Å². The number of H-pyrrole nitrogens is 1. The molecule has 1 heterocycles. The Kier molecular flexibility index (Phi) is 3.74. The van der Waals surface area contributed by atoms with Crippen molar-refractivity contribution in [2.75, 3.05) is 0 Å². The fraction of sp³-hybridized carbons (Fsp3) is 0.111. The van der Waals surface area contributed by atoms with E-state index in [2.05, 4.69) is 4.98 Å². The van der Waals surface area contributed by atoms with Gasteiger partial charge in [0.2, 0.25) is 0 Å². The van der Waals surface area contributed by atoms with E-state index in [1.54, 1.807) is 25.1 Å². The summed E-state index contributed by atoms with van der Waals surface area (Å²) < 4.78 is 5.29.